The summed E-state index contributed by atoms with van der Waals surface area (Å²) in [6.45, 7) is 0.568. The van der Waals surface area contributed by atoms with E-state index < -0.39 is 0 Å². The number of aromatic nitrogens is 2. The predicted molar refractivity (Wildman–Crippen MR) is 99.9 cm³/mol. The largest absolute Gasteiger partial charge is 0.464 e. The predicted octanol–water partition coefficient (Wildman–Crippen LogP) is 3.99. The average molecular weight is 357 g/mol. The summed E-state index contributed by atoms with van der Waals surface area (Å²) in [6, 6.07) is 14.6. The topological polar surface area (TPSA) is 44.1 Å². The number of esters is 1. The number of hydrogen-bond acceptors (Lipinski definition) is 3. The van der Waals surface area contributed by atoms with Gasteiger partial charge in [-0.3, -0.25) is 4.79 Å². The summed E-state index contributed by atoms with van der Waals surface area (Å²) in [7, 11) is 0. The molecule has 0 N–H and O–H groups in total. The molecule has 0 bridgehead atoms. The van der Waals surface area contributed by atoms with Crippen LogP contribution in [0.3, 0.4) is 0 Å². The van der Waals surface area contributed by atoms with Crippen molar-refractivity contribution in [1.29, 1.82) is 0 Å². The fourth-order valence-corrected chi connectivity index (χ4v) is 2.94. The molecule has 0 aliphatic rings. The van der Waals surface area contributed by atoms with Gasteiger partial charge in [-0.05, 0) is 29.2 Å². The van der Waals surface area contributed by atoms with Crippen molar-refractivity contribution in [2.45, 2.75) is 25.8 Å². The summed E-state index contributed by atoms with van der Waals surface area (Å²) < 4.78 is 7.20. The molecule has 4 nitrogen and oxygen atoms in total. The lowest BCUT2D eigenvalue weighted by Gasteiger charge is -2.09. The molecular weight excluding hydrogens is 336 g/mol. The number of nitrogens with zero attached hydrogens (tertiary/aromatic N) is 2. The van der Waals surface area contributed by atoms with Gasteiger partial charge in [0.15, 0.2) is 0 Å². The number of aryl methyl sites for hydroxylation is 1. The first-order valence-corrected chi connectivity index (χ1v) is 8.98. The van der Waals surface area contributed by atoms with E-state index in [0.717, 1.165) is 24.1 Å². The third-order valence-corrected chi connectivity index (χ3v) is 4.40. The number of carbonyl (C=O) groups is 1. The SMILES string of the molecule is O=C(Cn1cncc1CCCCl)OCCc1ccc2ccccc2c1. The molecule has 1 aromatic heterocycles. The highest BCUT2D eigenvalue weighted by Gasteiger charge is 2.08. The lowest BCUT2D eigenvalue weighted by molar-refractivity contribution is -0.144. The van der Waals surface area contributed by atoms with E-state index in [9.17, 15) is 4.79 Å². The van der Waals surface area contributed by atoms with Crippen molar-refractivity contribution in [3.8, 4) is 0 Å². The number of imidazole rings is 1. The van der Waals surface area contributed by atoms with Crippen LogP contribution in [0.5, 0.6) is 0 Å². The van der Waals surface area contributed by atoms with Crippen molar-refractivity contribution in [2.24, 2.45) is 0 Å². The molecule has 0 atom stereocenters. The summed E-state index contributed by atoms with van der Waals surface area (Å²) in [5.41, 5.74) is 2.17. The van der Waals surface area contributed by atoms with Gasteiger partial charge in [-0.1, -0.05) is 42.5 Å². The van der Waals surface area contributed by atoms with E-state index in [1.807, 2.05) is 16.7 Å². The molecule has 2 aromatic carbocycles. The Balaban J connectivity index is 1.49. The number of rotatable bonds is 8. The summed E-state index contributed by atoms with van der Waals surface area (Å²) >= 11 is 5.72. The van der Waals surface area contributed by atoms with Crippen molar-refractivity contribution in [1.82, 2.24) is 9.55 Å². The Bertz CT molecular complexity index is 844. The molecule has 0 radical (unpaired) electrons. The van der Waals surface area contributed by atoms with Crippen LogP contribution in [0.25, 0.3) is 10.8 Å². The molecule has 1 heterocycles. The van der Waals surface area contributed by atoms with E-state index in [2.05, 4.69) is 35.3 Å². The Morgan fingerprint density at radius 1 is 1.12 bits per heavy atom. The molecule has 5 heteroatoms. The van der Waals surface area contributed by atoms with Crippen molar-refractivity contribution >= 4 is 28.3 Å². The quantitative estimate of drug-likeness (QED) is 0.452. The number of benzene rings is 2. The lowest BCUT2D eigenvalue weighted by Crippen LogP contribution is -2.16. The Kier molecular flexibility index (Phi) is 6.07. The number of halogens is 1. The molecule has 3 rings (SSSR count). The highest BCUT2D eigenvalue weighted by atomic mass is 35.5. The van der Waals surface area contributed by atoms with Crippen molar-refractivity contribution in [3.05, 3.63) is 66.2 Å². The zero-order chi connectivity index (χ0) is 17.5. The van der Waals surface area contributed by atoms with Crippen LogP contribution in [0.1, 0.15) is 17.7 Å². The maximum Gasteiger partial charge on any atom is 0.326 e. The summed E-state index contributed by atoms with van der Waals surface area (Å²) in [5, 5.41) is 2.42. The van der Waals surface area contributed by atoms with E-state index in [1.54, 1.807) is 12.5 Å². The Labute approximate surface area is 152 Å². The molecule has 0 fully saturated rings. The second-order valence-corrected chi connectivity index (χ2v) is 6.34. The van der Waals surface area contributed by atoms with Gasteiger partial charge in [0, 0.05) is 24.2 Å². The highest BCUT2D eigenvalue weighted by Crippen LogP contribution is 2.16. The zero-order valence-corrected chi connectivity index (χ0v) is 14.8. The van der Waals surface area contributed by atoms with E-state index >= 15 is 0 Å². The normalized spacial score (nSPS) is 10.9. The number of alkyl halides is 1. The van der Waals surface area contributed by atoms with Gasteiger partial charge >= 0.3 is 5.97 Å². The number of ether oxygens (including phenoxy) is 1. The highest BCUT2D eigenvalue weighted by molar-refractivity contribution is 6.17. The summed E-state index contributed by atoms with van der Waals surface area (Å²) in [5.74, 6) is 0.354. The number of fused-ring (bicyclic) bond motifs is 1. The maximum atomic E-state index is 12.0. The first kappa shape index (κ1) is 17.5. The third kappa shape index (κ3) is 4.83. The lowest BCUT2D eigenvalue weighted by atomic mass is 10.1. The number of hydrogen-bond donors (Lipinski definition) is 0. The minimum atomic E-state index is -0.245. The molecule has 0 aliphatic carbocycles. The molecule has 0 spiro atoms. The molecule has 130 valence electrons. The van der Waals surface area contributed by atoms with Crippen LogP contribution in [0.2, 0.25) is 0 Å². The molecule has 3 aromatic rings. The molecule has 0 saturated carbocycles. The van der Waals surface area contributed by atoms with Gasteiger partial charge in [-0.15, -0.1) is 11.6 Å². The van der Waals surface area contributed by atoms with Gasteiger partial charge in [0.2, 0.25) is 0 Å². The fraction of sp³-hybridized carbons (Fsp3) is 0.300. The van der Waals surface area contributed by atoms with Crippen molar-refractivity contribution < 1.29 is 9.53 Å². The van der Waals surface area contributed by atoms with Crippen LogP contribution in [-0.2, 0) is 28.9 Å². The summed E-state index contributed by atoms with van der Waals surface area (Å²) in [4.78, 5) is 16.1. The van der Waals surface area contributed by atoms with Crippen LogP contribution in [0.4, 0.5) is 0 Å². The Morgan fingerprint density at radius 2 is 1.96 bits per heavy atom. The Hall–Kier alpha value is -2.33. The molecule has 0 aliphatic heterocycles. The molecule has 25 heavy (non-hydrogen) atoms. The Morgan fingerprint density at radius 3 is 2.80 bits per heavy atom. The van der Waals surface area contributed by atoms with E-state index in [0.29, 0.717) is 18.9 Å². The van der Waals surface area contributed by atoms with E-state index in [4.69, 9.17) is 16.3 Å². The van der Waals surface area contributed by atoms with Crippen LogP contribution in [0.15, 0.2) is 55.0 Å². The van der Waals surface area contributed by atoms with Gasteiger partial charge in [0.1, 0.15) is 6.54 Å². The van der Waals surface area contributed by atoms with Gasteiger partial charge in [-0.2, -0.15) is 0 Å². The zero-order valence-electron chi connectivity index (χ0n) is 14.0. The molecule has 0 amide bonds. The van der Waals surface area contributed by atoms with E-state index in [-0.39, 0.29) is 12.5 Å². The van der Waals surface area contributed by atoms with Crippen LogP contribution < -0.4 is 0 Å². The average Bonchev–Trinajstić information content (AvgIpc) is 3.06. The molecule has 0 unspecified atom stereocenters. The second-order valence-electron chi connectivity index (χ2n) is 5.96. The molecular formula is C20H21ClN2O2. The van der Waals surface area contributed by atoms with Crippen molar-refractivity contribution in [3.63, 3.8) is 0 Å². The molecule has 0 saturated heterocycles. The van der Waals surface area contributed by atoms with Crippen molar-refractivity contribution in [2.75, 3.05) is 12.5 Å². The van der Waals surface area contributed by atoms with Crippen LogP contribution in [0, 0.1) is 0 Å². The van der Waals surface area contributed by atoms with Gasteiger partial charge in [0.05, 0.1) is 12.9 Å². The standard InChI is InChI=1S/C20H21ClN2O2/c21-10-3-6-19-13-22-15-23(19)14-20(24)25-11-9-16-7-8-17-4-1-2-5-18(17)12-16/h1-2,4-5,7-8,12-13,15H,3,6,9-11,14H2. The van der Waals surface area contributed by atoms with Gasteiger partial charge in [0.25, 0.3) is 0 Å². The third-order valence-electron chi connectivity index (χ3n) is 4.13. The van der Waals surface area contributed by atoms with Gasteiger partial charge < -0.3 is 9.30 Å². The first-order chi connectivity index (χ1) is 12.3. The smallest absolute Gasteiger partial charge is 0.326 e. The van der Waals surface area contributed by atoms with Crippen LogP contribution >= 0.6 is 11.6 Å². The fourth-order valence-electron chi connectivity index (χ4n) is 2.81. The minimum Gasteiger partial charge on any atom is -0.464 e. The minimum absolute atomic E-state index is 0.190. The number of carbonyl (C=O) groups excluding carboxylic acids is 1. The monoisotopic (exact) mass is 356 g/mol. The van der Waals surface area contributed by atoms with E-state index in [1.165, 1.54) is 10.8 Å². The first-order valence-electron chi connectivity index (χ1n) is 8.44. The van der Waals surface area contributed by atoms with Gasteiger partial charge in [-0.25, -0.2) is 4.98 Å². The van der Waals surface area contributed by atoms with Crippen LogP contribution in [-0.4, -0.2) is 28.0 Å². The summed E-state index contributed by atoms with van der Waals surface area (Å²) in [6.07, 6.45) is 5.82. The second kappa shape index (κ2) is 8.67. The maximum absolute atomic E-state index is 12.0.